The first kappa shape index (κ1) is 12.5. The van der Waals surface area contributed by atoms with Gasteiger partial charge in [-0.2, -0.15) is 5.26 Å². The first-order chi connectivity index (χ1) is 8.26. The van der Waals surface area contributed by atoms with Crippen LogP contribution in [-0.2, 0) is 9.53 Å². The van der Waals surface area contributed by atoms with Crippen molar-refractivity contribution in [3.63, 3.8) is 0 Å². The van der Waals surface area contributed by atoms with Gasteiger partial charge in [-0.05, 0) is 37.3 Å². The van der Waals surface area contributed by atoms with Crippen molar-refractivity contribution in [3.05, 3.63) is 47.5 Å². The van der Waals surface area contributed by atoms with Crippen LogP contribution >= 0.6 is 0 Å². The Morgan fingerprint density at radius 1 is 1.35 bits per heavy atom. The molecule has 0 aliphatic carbocycles. The minimum atomic E-state index is -0.401. The summed E-state index contributed by atoms with van der Waals surface area (Å²) >= 11 is 0. The zero-order valence-corrected chi connectivity index (χ0v) is 9.43. The highest BCUT2D eigenvalue weighted by Crippen LogP contribution is 2.01. The highest BCUT2D eigenvalue weighted by atomic mass is 16.5. The predicted octanol–water partition coefficient (Wildman–Crippen LogP) is 2.03. The van der Waals surface area contributed by atoms with Crippen LogP contribution < -0.4 is 0 Å². The molecular weight excluding hydrogens is 214 g/mol. The smallest absolute Gasteiger partial charge is 0.331 e. The summed E-state index contributed by atoms with van der Waals surface area (Å²) in [5.74, 6) is 5.15. The van der Waals surface area contributed by atoms with Crippen LogP contribution in [0.15, 0.2) is 36.4 Å². The number of ether oxygens (including phenoxy) is 1. The number of nitrogens with zero attached hydrogens (tertiary/aromatic N) is 1. The van der Waals surface area contributed by atoms with Gasteiger partial charge in [-0.1, -0.05) is 11.8 Å². The SMILES string of the molecule is CCOC(=O)/C=C\C#Cc1ccc(C#N)cc1. The number of esters is 1. The van der Waals surface area contributed by atoms with Crippen molar-refractivity contribution in [2.75, 3.05) is 6.61 Å². The van der Waals surface area contributed by atoms with Gasteiger partial charge in [0.15, 0.2) is 0 Å². The van der Waals surface area contributed by atoms with Gasteiger partial charge >= 0.3 is 5.97 Å². The van der Waals surface area contributed by atoms with Gasteiger partial charge in [0.2, 0.25) is 0 Å². The lowest BCUT2D eigenvalue weighted by Crippen LogP contribution is -1.98. The van der Waals surface area contributed by atoms with Crippen molar-refractivity contribution < 1.29 is 9.53 Å². The first-order valence-electron chi connectivity index (χ1n) is 5.11. The largest absolute Gasteiger partial charge is 0.463 e. The van der Waals surface area contributed by atoms with Crippen LogP contribution in [0.5, 0.6) is 0 Å². The molecule has 1 rings (SSSR count). The molecule has 17 heavy (non-hydrogen) atoms. The number of nitriles is 1. The lowest BCUT2D eigenvalue weighted by molar-refractivity contribution is -0.137. The van der Waals surface area contributed by atoms with E-state index in [1.165, 1.54) is 12.2 Å². The molecule has 3 nitrogen and oxygen atoms in total. The molecule has 0 amide bonds. The maximum Gasteiger partial charge on any atom is 0.331 e. The topological polar surface area (TPSA) is 50.1 Å². The molecule has 0 aliphatic rings. The van der Waals surface area contributed by atoms with Gasteiger partial charge in [0.25, 0.3) is 0 Å². The average Bonchev–Trinajstić information content (AvgIpc) is 2.36. The molecule has 0 saturated carbocycles. The molecule has 0 radical (unpaired) electrons. The summed E-state index contributed by atoms with van der Waals surface area (Å²) < 4.78 is 4.69. The molecule has 0 spiro atoms. The number of carbonyl (C=O) groups is 1. The summed E-state index contributed by atoms with van der Waals surface area (Å²) in [6.07, 6.45) is 2.72. The van der Waals surface area contributed by atoms with Crippen molar-refractivity contribution in [2.45, 2.75) is 6.92 Å². The summed E-state index contributed by atoms with van der Waals surface area (Å²) in [5, 5.41) is 8.61. The number of hydrogen-bond donors (Lipinski definition) is 0. The van der Waals surface area contributed by atoms with Gasteiger partial charge in [-0.3, -0.25) is 0 Å². The van der Waals surface area contributed by atoms with Crippen molar-refractivity contribution in [1.29, 1.82) is 5.26 Å². The Hall–Kier alpha value is -2.52. The Bertz CT molecular complexity index is 510. The molecule has 1 aromatic carbocycles. The van der Waals surface area contributed by atoms with Crippen LogP contribution in [0.4, 0.5) is 0 Å². The number of hydrogen-bond acceptors (Lipinski definition) is 3. The fourth-order valence-electron chi connectivity index (χ4n) is 1.05. The maximum absolute atomic E-state index is 10.9. The molecule has 0 aromatic heterocycles. The lowest BCUT2D eigenvalue weighted by Gasteiger charge is -1.92. The van der Waals surface area contributed by atoms with Crippen molar-refractivity contribution in [1.82, 2.24) is 0 Å². The van der Waals surface area contributed by atoms with E-state index in [4.69, 9.17) is 10.00 Å². The van der Waals surface area contributed by atoms with Crippen LogP contribution in [0.3, 0.4) is 0 Å². The van der Waals surface area contributed by atoms with Gasteiger partial charge in [0.1, 0.15) is 0 Å². The molecule has 0 unspecified atom stereocenters. The number of allylic oxidation sites excluding steroid dienone is 1. The molecule has 3 heteroatoms. The standard InChI is InChI=1S/C14H11NO2/c1-2-17-14(16)6-4-3-5-12-7-9-13(11-15)10-8-12/h4,6-10H,2H2,1H3/b6-4-. The molecule has 0 aliphatic heterocycles. The Morgan fingerprint density at radius 2 is 2.00 bits per heavy atom. The fraction of sp³-hybridized carbons (Fsp3) is 0.143. The fourth-order valence-corrected chi connectivity index (χ4v) is 1.05. The third-order valence-electron chi connectivity index (χ3n) is 1.82. The lowest BCUT2D eigenvalue weighted by atomic mass is 10.1. The Balaban J connectivity index is 2.60. The van der Waals surface area contributed by atoms with Crippen LogP contribution in [0.2, 0.25) is 0 Å². The summed E-state index contributed by atoms with van der Waals surface area (Å²) in [4.78, 5) is 10.9. The molecule has 84 valence electrons. The van der Waals surface area contributed by atoms with Crippen molar-refractivity contribution in [2.24, 2.45) is 0 Å². The van der Waals surface area contributed by atoms with E-state index >= 15 is 0 Å². The van der Waals surface area contributed by atoms with Crippen LogP contribution in [-0.4, -0.2) is 12.6 Å². The second kappa shape index (κ2) is 6.87. The van der Waals surface area contributed by atoms with Gasteiger partial charge in [0.05, 0.1) is 18.2 Å². The van der Waals surface area contributed by atoms with Gasteiger partial charge < -0.3 is 4.74 Å². The molecule has 0 atom stereocenters. The molecular formula is C14H11NO2. The van der Waals surface area contributed by atoms with Crippen LogP contribution in [0.25, 0.3) is 0 Å². The van der Waals surface area contributed by atoms with Crippen molar-refractivity contribution in [3.8, 4) is 17.9 Å². The van der Waals surface area contributed by atoms with E-state index in [0.29, 0.717) is 12.2 Å². The quantitative estimate of drug-likeness (QED) is 0.439. The molecule has 0 saturated heterocycles. The van der Waals surface area contributed by atoms with E-state index in [1.54, 1.807) is 31.2 Å². The monoisotopic (exact) mass is 225 g/mol. The first-order valence-corrected chi connectivity index (χ1v) is 5.11. The van der Waals surface area contributed by atoms with Gasteiger partial charge in [-0.15, -0.1) is 0 Å². The number of carbonyl (C=O) groups excluding carboxylic acids is 1. The zero-order valence-electron chi connectivity index (χ0n) is 9.43. The van der Waals surface area contributed by atoms with E-state index in [0.717, 1.165) is 5.56 Å². The van der Waals surface area contributed by atoms with E-state index in [1.807, 2.05) is 6.07 Å². The van der Waals surface area contributed by atoms with E-state index in [-0.39, 0.29) is 0 Å². The molecule has 0 heterocycles. The van der Waals surface area contributed by atoms with Gasteiger partial charge in [-0.25, -0.2) is 4.79 Å². The molecule has 0 fully saturated rings. The summed E-state index contributed by atoms with van der Waals surface area (Å²) in [7, 11) is 0. The maximum atomic E-state index is 10.9. The summed E-state index contributed by atoms with van der Waals surface area (Å²) in [6.45, 7) is 2.10. The third-order valence-corrected chi connectivity index (χ3v) is 1.82. The van der Waals surface area contributed by atoms with Crippen molar-refractivity contribution >= 4 is 5.97 Å². The third kappa shape index (κ3) is 4.68. The van der Waals surface area contributed by atoms with E-state index < -0.39 is 5.97 Å². The van der Waals surface area contributed by atoms with E-state index in [9.17, 15) is 4.79 Å². The summed E-state index contributed by atoms with van der Waals surface area (Å²) in [6, 6.07) is 8.92. The second-order valence-corrected chi connectivity index (χ2v) is 3.04. The normalized spacial score (nSPS) is 9.18. The van der Waals surface area contributed by atoms with E-state index in [2.05, 4.69) is 11.8 Å². The molecule has 1 aromatic rings. The number of rotatable bonds is 2. The minimum Gasteiger partial charge on any atom is -0.463 e. The minimum absolute atomic E-state index is 0.353. The van der Waals surface area contributed by atoms with Crippen LogP contribution in [0.1, 0.15) is 18.1 Å². The number of benzene rings is 1. The highest BCUT2D eigenvalue weighted by molar-refractivity contribution is 5.82. The van der Waals surface area contributed by atoms with Gasteiger partial charge in [0, 0.05) is 11.6 Å². The predicted molar refractivity (Wildman–Crippen MR) is 63.8 cm³/mol. The zero-order chi connectivity index (χ0) is 12.5. The Morgan fingerprint density at radius 3 is 2.59 bits per heavy atom. The molecule has 0 N–H and O–H groups in total. The van der Waals surface area contributed by atoms with Crippen LogP contribution in [0, 0.1) is 23.2 Å². The summed E-state index contributed by atoms with van der Waals surface area (Å²) in [5.41, 5.74) is 1.38. The Kier molecular flexibility index (Phi) is 5.07. The highest BCUT2D eigenvalue weighted by Gasteiger charge is 1.90. The molecule has 0 bridgehead atoms. The second-order valence-electron chi connectivity index (χ2n) is 3.04. The Labute approximate surface area is 100 Å². The average molecular weight is 225 g/mol.